The number of H-pyrrole nitrogens is 1. The van der Waals surface area contributed by atoms with Crippen molar-refractivity contribution in [3.8, 4) is 10.4 Å². The number of hydrogen-bond acceptors (Lipinski definition) is 11. The number of aryl methyl sites for hydroxylation is 1. The lowest BCUT2D eigenvalue weighted by Crippen LogP contribution is -2.59. The van der Waals surface area contributed by atoms with Gasteiger partial charge in [-0.15, -0.1) is 11.3 Å². The molecular weight excluding hydrogens is 952 g/mol. The minimum Gasteiger partial charge on any atom is -0.391 e. The van der Waals surface area contributed by atoms with Gasteiger partial charge >= 0.3 is 0 Å². The average Bonchev–Trinajstić information content (AvgIpc) is 3.75. The van der Waals surface area contributed by atoms with E-state index in [1.165, 1.54) is 29.1 Å². The van der Waals surface area contributed by atoms with Crippen LogP contribution in [0.2, 0.25) is 0 Å². The van der Waals surface area contributed by atoms with E-state index in [2.05, 4.69) is 48.4 Å². The second-order valence-corrected chi connectivity index (χ2v) is 21.7. The van der Waals surface area contributed by atoms with E-state index in [-0.39, 0.29) is 49.9 Å². The molecule has 0 bridgehead atoms. The van der Waals surface area contributed by atoms with Crippen LogP contribution in [0.4, 0.5) is 10.1 Å². The van der Waals surface area contributed by atoms with E-state index < -0.39 is 53.0 Å². The van der Waals surface area contributed by atoms with Crippen LogP contribution in [0.15, 0.2) is 72.2 Å². The first kappa shape index (κ1) is 52.7. The zero-order chi connectivity index (χ0) is 52.0. The summed E-state index contributed by atoms with van der Waals surface area (Å²) >= 11 is 1.50. The molecule has 5 atom stereocenters. The van der Waals surface area contributed by atoms with Crippen molar-refractivity contribution in [2.24, 2.45) is 5.41 Å². The average molecular weight is 1020 g/mol. The molecule has 6 amide bonds. The number of amides is 6. The molecule has 17 nitrogen and oxygen atoms in total. The van der Waals surface area contributed by atoms with Gasteiger partial charge in [-0.05, 0) is 124 Å². The highest BCUT2D eigenvalue weighted by molar-refractivity contribution is 7.13. The van der Waals surface area contributed by atoms with Gasteiger partial charge in [0.05, 0.1) is 52.2 Å². The highest BCUT2D eigenvalue weighted by Crippen LogP contribution is 2.40. The summed E-state index contributed by atoms with van der Waals surface area (Å²) in [5.41, 5.74) is 4.50. The van der Waals surface area contributed by atoms with Crippen LogP contribution in [0.1, 0.15) is 129 Å². The van der Waals surface area contributed by atoms with Crippen molar-refractivity contribution in [3.05, 3.63) is 100 Å². The third-order valence-corrected chi connectivity index (χ3v) is 15.1. The molecule has 2 aromatic heterocycles. The summed E-state index contributed by atoms with van der Waals surface area (Å²) < 4.78 is 14.7. The zero-order valence-electron chi connectivity index (χ0n) is 42.2. The Bertz CT molecular complexity index is 2810. The van der Waals surface area contributed by atoms with Crippen molar-refractivity contribution in [1.82, 2.24) is 46.0 Å². The maximum absolute atomic E-state index is 14.7. The number of nitrogens with one attached hydrogen (secondary N) is 6. The van der Waals surface area contributed by atoms with Gasteiger partial charge in [-0.2, -0.15) is 0 Å². The summed E-state index contributed by atoms with van der Waals surface area (Å²) in [6, 6.07) is 17.0. The summed E-state index contributed by atoms with van der Waals surface area (Å²) in [6.07, 6.45) is 3.32. The van der Waals surface area contributed by atoms with Crippen molar-refractivity contribution in [3.63, 3.8) is 0 Å². The predicted octanol–water partition coefficient (Wildman–Crippen LogP) is 6.49. The molecule has 1 aliphatic carbocycles. The molecule has 3 aromatic carbocycles. The molecule has 5 aromatic rings. The Balaban J connectivity index is 0.801. The fraction of sp³-hybridized carbons (Fsp3) is 0.481. The lowest BCUT2D eigenvalue weighted by atomic mass is 9.85. The molecule has 388 valence electrons. The van der Waals surface area contributed by atoms with E-state index in [1.807, 2.05) is 49.4 Å². The number of nitrogens with zero attached hydrogens (tertiary/aromatic N) is 4. The number of likely N-dealkylation sites (tertiary alicyclic amines) is 2. The predicted molar refractivity (Wildman–Crippen MR) is 277 cm³/mol. The van der Waals surface area contributed by atoms with E-state index in [0.717, 1.165) is 46.1 Å². The smallest absolute Gasteiger partial charge is 0.258 e. The summed E-state index contributed by atoms with van der Waals surface area (Å²) in [6.45, 7) is 11.8. The van der Waals surface area contributed by atoms with Gasteiger partial charge in [0.25, 0.3) is 17.7 Å². The van der Waals surface area contributed by atoms with Gasteiger partial charge < -0.3 is 41.6 Å². The Morgan fingerprint density at radius 2 is 1.62 bits per heavy atom. The Kier molecular flexibility index (Phi) is 16.4. The molecule has 73 heavy (non-hydrogen) atoms. The maximum atomic E-state index is 14.7. The van der Waals surface area contributed by atoms with Crippen molar-refractivity contribution >= 4 is 63.5 Å². The highest BCUT2D eigenvalue weighted by Gasteiger charge is 2.53. The quantitative estimate of drug-likeness (QED) is 0.0419. The molecule has 1 saturated carbocycles. The van der Waals surface area contributed by atoms with Crippen LogP contribution in [0.3, 0.4) is 0 Å². The molecule has 0 spiro atoms. The van der Waals surface area contributed by atoms with Gasteiger partial charge in [0.1, 0.15) is 17.9 Å². The number of fused-ring (bicyclic) bond motifs is 1. The number of β-amino-alcohol motifs (C(OH)–C–C–N with tert-alkyl or cyclic N) is 1. The number of carbonyl (C=O) groups is 6. The molecule has 19 heteroatoms. The number of hydrogen-bond donors (Lipinski definition) is 7. The molecule has 4 heterocycles. The SMILES string of the molecule is Cc1ncsc1-c1ccc([C@H](CC(=O)NCCCCCNC(=O)c2ccc(C(=O)Nc3ccc4[nH]c(CN5CCC[C@@H]5C)nc4c3)cc2)NC(=O)[C@@H]2C[C@@H](O)CN2C(=O)[C@@H](NC(=O)C2(F)CC2)C(C)(C)C)cc1. The Hall–Kier alpha value is -6.57. The number of rotatable bonds is 20. The van der Waals surface area contributed by atoms with Gasteiger partial charge in [0.15, 0.2) is 5.67 Å². The van der Waals surface area contributed by atoms with Crippen molar-refractivity contribution < 1.29 is 38.3 Å². The van der Waals surface area contributed by atoms with E-state index in [9.17, 15) is 38.3 Å². The summed E-state index contributed by atoms with van der Waals surface area (Å²) in [5.74, 6) is -2.03. The zero-order valence-corrected chi connectivity index (χ0v) is 43.0. The van der Waals surface area contributed by atoms with Crippen LogP contribution in [0.5, 0.6) is 0 Å². The number of aliphatic hydroxyl groups excluding tert-OH is 1. The largest absolute Gasteiger partial charge is 0.391 e. The van der Waals surface area contributed by atoms with E-state index in [4.69, 9.17) is 4.98 Å². The fourth-order valence-electron chi connectivity index (χ4n) is 9.51. The van der Waals surface area contributed by atoms with Crippen molar-refractivity contribution in [2.45, 2.75) is 135 Å². The summed E-state index contributed by atoms with van der Waals surface area (Å²) in [7, 11) is 0. The highest BCUT2D eigenvalue weighted by atomic mass is 32.1. The first-order valence-corrected chi connectivity index (χ1v) is 26.2. The molecule has 2 aliphatic heterocycles. The monoisotopic (exact) mass is 1020 g/mol. The van der Waals surface area contributed by atoms with Gasteiger partial charge in [0.2, 0.25) is 17.7 Å². The number of thiazole rings is 1. The molecule has 2 saturated heterocycles. The summed E-state index contributed by atoms with van der Waals surface area (Å²) in [4.78, 5) is 97.8. The Labute approximate surface area is 428 Å². The van der Waals surface area contributed by atoms with E-state index in [0.29, 0.717) is 60.8 Å². The van der Waals surface area contributed by atoms with Crippen LogP contribution in [-0.4, -0.2) is 121 Å². The number of imidazole rings is 1. The van der Waals surface area contributed by atoms with Crippen LogP contribution >= 0.6 is 11.3 Å². The lowest BCUT2D eigenvalue weighted by molar-refractivity contribution is -0.145. The number of aromatic amines is 1. The number of unbranched alkanes of at least 4 members (excludes halogenated alkanes) is 2. The number of halogens is 1. The van der Waals surface area contributed by atoms with Crippen LogP contribution in [0.25, 0.3) is 21.5 Å². The number of carbonyl (C=O) groups excluding carboxylic acids is 6. The molecular formula is C54H67FN10O7S. The van der Waals surface area contributed by atoms with Gasteiger partial charge in [-0.1, -0.05) is 45.0 Å². The third-order valence-electron chi connectivity index (χ3n) is 14.1. The van der Waals surface area contributed by atoms with Crippen LogP contribution < -0.4 is 26.6 Å². The number of alkyl halides is 1. The normalized spacial score (nSPS) is 19.3. The first-order chi connectivity index (χ1) is 34.8. The molecule has 7 N–H and O–H groups in total. The topological polar surface area (TPSA) is 231 Å². The van der Waals surface area contributed by atoms with E-state index >= 15 is 0 Å². The molecule has 0 radical (unpaired) electrons. The van der Waals surface area contributed by atoms with Crippen LogP contribution in [-0.2, 0) is 25.7 Å². The van der Waals surface area contributed by atoms with Crippen molar-refractivity contribution in [2.75, 3.05) is 31.5 Å². The standard InChI is InChI=1S/C54H67FN10O7S/c1-32-10-9-25-64(32)30-44-60-40-20-19-38(26-42(40)61-44)59-49(69)37-17-15-36(16-18-37)48(68)57-24-8-6-7-23-56-45(67)28-41(34-11-13-35(14-12-34)46-33(2)58-31-73-46)62-50(70)43-27-39(66)29-65(43)51(71)47(53(3,4)5)63-52(72)54(55)21-22-54/h11-20,26,31-32,39,41,43,47,66H,6-10,21-25,27-30H2,1-5H3,(H,56,67)(H,57,68)(H,59,69)(H,60,61)(H,62,70)(H,63,72)/t32-,39+,41-,43-,47+/m0/s1. The summed E-state index contributed by atoms with van der Waals surface area (Å²) in [5, 5.41) is 25.1. The first-order valence-electron chi connectivity index (χ1n) is 25.3. The fourth-order valence-corrected chi connectivity index (χ4v) is 10.3. The maximum Gasteiger partial charge on any atom is 0.258 e. The van der Waals surface area contributed by atoms with Gasteiger partial charge in [-0.25, -0.2) is 14.4 Å². The minimum absolute atomic E-state index is 0.0610. The molecule has 8 rings (SSSR count). The number of aliphatic hydroxyl groups is 1. The molecule has 3 aliphatic rings. The number of anilines is 1. The Morgan fingerprint density at radius 3 is 2.26 bits per heavy atom. The van der Waals surface area contributed by atoms with Gasteiger partial charge in [0, 0.05) is 48.9 Å². The number of aromatic nitrogens is 3. The Morgan fingerprint density at radius 1 is 0.918 bits per heavy atom. The molecule has 0 unspecified atom stereocenters. The minimum atomic E-state index is -2.01. The van der Waals surface area contributed by atoms with Gasteiger partial charge in [-0.3, -0.25) is 33.7 Å². The lowest BCUT2D eigenvalue weighted by Gasteiger charge is -2.36. The number of benzene rings is 3. The van der Waals surface area contributed by atoms with Crippen LogP contribution in [0, 0.1) is 12.3 Å². The second kappa shape index (κ2) is 22.7. The third kappa shape index (κ3) is 13.2. The molecule has 3 fully saturated rings. The van der Waals surface area contributed by atoms with Crippen molar-refractivity contribution in [1.29, 1.82) is 0 Å². The second-order valence-electron chi connectivity index (χ2n) is 20.9. The van der Waals surface area contributed by atoms with E-state index in [1.54, 1.807) is 50.5 Å².